The van der Waals surface area contributed by atoms with Gasteiger partial charge in [-0.1, -0.05) is 36.2 Å². The third-order valence-electron chi connectivity index (χ3n) is 3.98. The Kier molecular flexibility index (Phi) is 7.71. The quantitative estimate of drug-likeness (QED) is 0.656. The number of sulfonamides is 1. The second kappa shape index (κ2) is 9.60. The van der Waals surface area contributed by atoms with Crippen molar-refractivity contribution in [3.05, 3.63) is 52.0 Å². The molecule has 2 aromatic rings. The first-order valence-corrected chi connectivity index (χ1v) is 10.9. The summed E-state index contributed by atoms with van der Waals surface area (Å²) in [5.74, 6) is 0.0821. The van der Waals surface area contributed by atoms with Gasteiger partial charge in [0.15, 0.2) is 0 Å². The fraction of sp³-hybridized carbons (Fsp3) is 0.316. The summed E-state index contributed by atoms with van der Waals surface area (Å²) in [7, 11) is -3.86. The van der Waals surface area contributed by atoms with E-state index < -0.39 is 15.9 Å². The maximum Gasteiger partial charge on any atom is 0.243 e. The number of ether oxygens (including phenoxy) is 1. The van der Waals surface area contributed by atoms with Crippen LogP contribution in [0.1, 0.15) is 19.4 Å². The molecule has 0 fully saturated rings. The number of nitrogens with one attached hydrogen (secondary N) is 1. The summed E-state index contributed by atoms with van der Waals surface area (Å²) in [6.07, 6.45) is 0. The molecule has 2 aromatic carbocycles. The molecule has 0 radical (unpaired) electrons. The van der Waals surface area contributed by atoms with Gasteiger partial charge >= 0.3 is 0 Å². The number of carbonyl (C=O) groups is 1. The van der Waals surface area contributed by atoms with Crippen LogP contribution in [-0.2, 0) is 14.8 Å². The molecule has 152 valence electrons. The van der Waals surface area contributed by atoms with Crippen molar-refractivity contribution >= 4 is 44.8 Å². The second-order valence-corrected chi connectivity index (χ2v) is 8.69. The highest BCUT2D eigenvalue weighted by Gasteiger charge is 2.26. The van der Waals surface area contributed by atoms with E-state index >= 15 is 0 Å². The number of likely N-dealkylation sites (N-methyl/N-ethyl adjacent to an activating group) is 1. The minimum atomic E-state index is -3.86. The largest absolute Gasteiger partial charge is 0.494 e. The molecule has 0 aliphatic heterocycles. The monoisotopic (exact) mass is 444 g/mol. The van der Waals surface area contributed by atoms with E-state index in [4.69, 9.17) is 27.9 Å². The zero-order valence-electron chi connectivity index (χ0n) is 15.8. The highest BCUT2D eigenvalue weighted by Crippen LogP contribution is 2.30. The zero-order valence-corrected chi connectivity index (χ0v) is 18.2. The SMILES string of the molecule is CCOc1ccc(S(=O)(=O)N(CC)CC(=O)Nc2c(Cl)cccc2Cl)cc1C. The first-order chi connectivity index (χ1) is 13.2. The molecule has 0 saturated heterocycles. The normalized spacial score (nSPS) is 11.5. The maximum atomic E-state index is 13.0. The van der Waals surface area contributed by atoms with Gasteiger partial charge < -0.3 is 10.1 Å². The summed E-state index contributed by atoms with van der Waals surface area (Å²) >= 11 is 12.1. The third-order valence-corrected chi connectivity index (χ3v) is 6.53. The average Bonchev–Trinajstić information content (AvgIpc) is 2.64. The van der Waals surface area contributed by atoms with Crippen LogP contribution in [0.15, 0.2) is 41.3 Å². The van der Waals surface area contributed by atoms with Crippen molar-refractivity contribution in [2.45, 2.75) is 25.7 Å². The predicted molar refractivity (Wildman–Crippen MR) is 112 cm³/mol. The standard InChI is InChI=1S/C19H22Cl2N2O4S/c1-4-23(12-18(24)22-19-15(20)7-6-8-16(19)21)28(25,26)14-9-10-17(27-5-2)13(3)11-14/h6-11H,4-5,12H2,1-3H3,(H,22,24). The van der Waals surface area contributed by atoms with Crippen molar-refractivity contribution in [3.8, 4) is 5.75 Å². The number of amides is 1. The molecule has 0 bridgehead atoms. The van der Waals surface area contributed by atoms with E-state index in [9.17, 15) is 13.2 Å². The van der Waals surface area contributed by atoms with E-state index in [0.717, 1.165) is 4.31 Å². The van der Waals surface area contributed by atoms with E-state index in [-0.39, 0.29) is 33.7 Å². The van der Waals surface area contributed by atoms with Gasteiger partial charge in [-0.25, -0.2) is 8.42 Å². The number of hydrogen-bond donors (Lipinski definition) is 1. The highest BCUT2D eigenvalue weighted by atomic mass is 35.5. The number of nitrogens with zero attached hydrogens (tertiary/aromatic N) is 1. The van der Waals surface area contributed by atoms with Crippen LogP contribution in [0.25, 0.3) is 0 Å². The van der Waals surface area contributed by atoms with Gasteiger partial charge in [0.2, 0.25) is 15.9 Å². The Morgan fingerprint density at radius 2 is 1.79 bits per heavy atom. The minimum Gasteiger partial charge on any atom is -0.494 e. The van der Waals surface area contributed by atoms with Gasteiger partial charge in [-0.2, -0.15) is 4.31 Å². The Morgan fingerprint density at radius 1 is 1.14 bits per heavy atom. The van der Waals surface area contributed by atoms with E-state index in [1.165, 1.54) is 12.1 Å². The number of halogens is 2. The first kappa shape index (κ1) is 22.5. The summed E-state index contributed by atoms with van der Waals surface area (Å²) in [4.78, 5) is 12.5. The molecule has 0 aromatic heterocycles. The fourth-order valence-electron chi connectivity index (χ4n) is 2.57. The van der Waals surface area contributed by atoms with Crippen molar-refractivity contribution < 1.29 is 17.9 Å². The molecule has 6 nitrogen and oxygen atoms in total. The maximum absolute atomic E-state index is 13.0. The van der Waals surface area contributed by atoms with Gasteiger partial charge in [-0.15, -0.1) is 0 Å². The lowest BCUT2D eigenvalue weighted by Gasteiger charge is -2.21. The average molecular weight is 445 g/mol. The van der Waals surface area contributed by atoms with Crippen molar-refractivity contribution in [3.63, 3.8) is 0 Å². The van der Waals surface area contributed by atoms with Crippen molar-refractivity contribution in [1.82, 2.24) is 4.31 Å². The fourth-order valence-corrected chi connectivity index (χ4v) is 4.55. The number of rotatable bonds is 8. The minimum absolute atomic E-state index is 0.0962. The highest BCUT2D eigenvalue weighted by molar-refractivity contribution is 7.89. The molecule has 0 aliphatic rings. The second-order valence-electron chi connectivity index (χ2n) is 5.94. The number of benzene rings is 2. The lowest BCUT2D eigenvalue weighted by Crippen LogP contribution is -2.38. The molecule has 0 spiro atoms. The van der Waals surface area contributed by atoms with Crippen LogP contribution < -0.4 is 10.1 Å². The van der Waals surface area contributed by atoms with Crippen LogP contribution >= 0.6 is 23.2 Å². The molecule has 0 saturated carbocycles. The molecule has 1 amide bonds. The first-order valence-electron chi connectivity index (χ1n) is 8.68. The van der Waals surface area contributed by atoms with E-state index in [0.29, 0.717) is 17.9 Å². The summed E-state index contributed by atoms with van der Waals surface area (Å²) < 4.78 is 32.5. The molecule has 28 heavy (non-hydrogen) atoms. The van der Waals surface area contributed by atoms with E-state index in [1.807, 2.05) is 6.92 Å². The van der Waals surface area contributed by atoms with E-state index in [2.05, 4.69) is 5.32 Å². The Morgan fingerprint density at radius 3 is 2.32 bits per heavy atom. The summed E-state index contributed by atoms with van der Waals surface area (Å²) in [6, 6.07) is 9.44. The van der Waals surface area contributed by atoms with Crippen molar-refractivity contribution in [2.24, 2.45) is 0 Å². The Hall–Kier alpha value is -1.80. The number of anilines is 1. The molecule has 1 N–H and O–H groups in total. The van der Waals surface area contributed by atoms with Crippen LogP contribution in [0.4, 0.5) is 5.69 Å². The molecule has 9 heteroatoms. The van der Waals surface area contributed by atoms with Gasteiger partial charge in [-0.3, -0.25) is 4.79 Å². The summed E-state index contributed by atoms with van der Waals surface area (Å²) in [6.45, 7) is 5.53. The molecule has 0 unspecified atom stereocenters. The van der Waals surface area contributed by atoms with Gasteiger partial charge in [-0.05, 0) is 49.7 Å². The molecule has 0 heterocycles. The lowest BCUT2D eigenvalue weighted by atomic mass is 10.2. The van der Waals surface area contributed by atoms with Gasteiger partial charge in [0, 0.05) is 6.54 Å². The van der Waals surface area contributed by atoms with Gasteiger partial charge in [0.25, 0.3) is 0 Å². The topological polar surface area (TPSA) is 75.7 Å². The third kappa shape index (κ3) is 5.17. The van der Waals surface area contributed by atoms with Gasteiger partial charge in [0.05, 0.1) is 33.8 Å². The predicted octanol–water partition coefficient (Wildman–Crippen LogP) is 4.35. The Bertz CT molecular complexity index is 944. The molecule has 0 aliphatic carbocycles. The molecule has 0 atom stereocenters. The zero-order chi connectivity index (χ0) is 20.9. The number of hydrogen-bond acceptors (Lipinski definition) is 4. The molecular weight excluding hydrogens is 423 g/mol. The van der Waals surface area contributed by atoms with Crippen LogP contribution in [-0.4, -0.2) is 38.3 Å². The Balaban J connectivity index is 2.21. The van der Waals surface area contributed by atoms with Crippen LogP contribution in [0.2, 0.25) is 10.0 Å². The van der Waals surface area contributed by atoms with Crippen LogP contribution in [0, 0.1) is 6.92 Å². The number of carbonyl (C=O) groups excluding carboxylic acids is 1. The number of para-hydroxylation sites is 1. The Labute approximate surface area is 175 Å². The van der Waals surface area contributed by atoms with Gasteiger partial charge in [0.1, 0.15) is 5.75 Å². The van der Waals surface area contributed by atoms with Crippen molar-refractivity contribution in [1.29, 1.82) is 0 Å². The summed E-state index contributed by atoms with van der Waals surface area (Å²) in [5, 5.41) is 3.12. The van der Waals surface area contributed by atoms with E-state index in [1.54, 1.807) is 38.1 Å². The van der Waals surface area contributed by atoms with Crippen LogP contribution in [0.5, 0.6) is 5.75 Å². The smallest absolute Gasteiger partial charge is 0.243 e. The van der Waals surface area contributed by atoms with Crippen molar-refractivity contribution in [2.75, 3.05) is 25.0 Å². The van der Waals surface area contributed by atoms with Crippen LogP contribution in [0.3, 0.4) is 0 Å². The molecular formula is C19H22Cl2N2O4S. The molecule has 2 rings (SSSR count). The summed E-state index contributed by atoms with van der Waals surface area (Å²) in [5.41, 5.74) is 0.951. The number of aryl methyl sites for hydroxylation is 1. The lowest BCUT2D eigenvalue weighted by molar-refractivity contribution is -0.116.